The standard InChI is InChI=1S/C16H22N4O3/c1-11-9-17-18-16(11)12-4-3-7-20(10-12)15(21)6-5-13-8-14(22-2)19-23-13/h8-9,12H,3-7,10H2,1-2H3,(H,17,18)/t12-/m1/s1. The highest BCUT2D eigenvalue weighted by Gasteiger charge is 2.26. The normalized spacial score (nSPS) is 18.2. The van der Waals surface area contributed by atoms with Crippen molar-refractivity contribution >= 4 is 5.91 Å². The number of carbonyl (C=O) groups excluding carboxylic acids is 1. The highest BCUT2D eigenvalue weighted by Crippen LogP contribution is 2.27. The van der Waals surface area contributed by atoms with Crippen molar-refractivity contribution in [2.75, 3.05) is 20.2 Å². The molecule has 0 saturated carbocycles. The molecule has 23 heavy (non-hydrogen) atoms. The van der Waals surface area contributed by atoms with E-state index in [0.717, 1.165) is 37.2 Å². The lowest BCUT2D eigenvalue weighted by atomic mass is 9.92. The number of nitrogens with one attached hydrogen (secondary N) is 1. The highest BCUT2D eigenvalue weighted by molar-refractivity contribution is 5.76. The number of aromatic amines is 1. The molecule has 0 aliphatic carbocycles. The Labute approximate surface area is 135 Å². The van der Waals surface area contributed by atoms with Gasteiger partial charge in [0.15, 0.2) is 0 Å². The number of hydrogen-bond donors (Lipinski definition) is 1. The summed E-state index contributed by atoms with van der Waals surface area (Å²) in [6, 6.07) is 1.72. The van der Waals surface area contributed by atoms with Crippen molar-refractivity contribution in [1.29, 1.82) is 0 Å². The second-order valence-electron chi connectivity index (χ2n) is 5.98. The van der Waals surface area contributed by atoms with Gasteiger partial charge in [0, 0.05) is 43.6 Å². The van der Waals surface area contributed by atoms with Crippen molar-refractivity contribution in [3.05, 3.63) is 29.3 Å². The van der Waals surface area contributed by atoms with Crippen LogP contribution >= 0.6 is 0 Å². The first-order valence-corrected chi connectivity index (χ1v) is 7.94. The maximum Gasteiger partial charge on any atom is 0.254 e. The molecule has 0 radical (unpaired) electrons. The maximum atomic E-state index is 12.5. The van der Waals surface area contributed by atoms with E-state index in [-0.39, 0.29) is 5.91 Å². The largest absolute Gasteiger partial charge is 0.479 e. The molecule has 1 saturated heterocycles. The van der Waals surface area contributed by atoms with Gasteiger partial charge in [0.05, 0.1) is 13.3 Å². The quantitative estimate of drug-likeness (QED) is 0.912. The Hall–Kier alpha value is -2.31. The third-order valence-corrected chi connectivity index (χ3v) is 4.38. The smallest absolute Gasteiger partial charge is 0.254 e. The van der Waals surface area contributed by atoms with Crippen LogP contribution in [-0.4, -0.2) is 46.4 Å². The van der Waals surface area contributed by atoms with Crippen molar-refractivity contribution in [3.63, 3.8) is 0 Å². The van der Waals surface area contributed by atoms with Crippen molar-refractivity contribution in [2.24, 2.45) is 0 Å². The van der Waals surface area contributed by atoms with Crippen LogP contribution in [0.1, 0.15) is 42.2 Å². The van der Waals surface area contributed by atoms with Gasteiger partial charge >= 0.3 is 0 Å². The third-order valence-electron chi connectivity index (χ3n) is 4.38. The molecule has 0 spiro atoms. The molecule has 2 aromatic rings. The minimum Gasteiger partial charge on any atom is -0.479 e. The van der Waals surface area contributed by atoms with E-state index in [1.54, 1.807) is 6.07 Å². The number of rotatable bonds is 5. The lowest BCUT2D eigenvalue weighted by molar-refractivity contribution is -0.132. The second-order valence-corrected chi connectivity index (χ2v) is 5.98. The lowest BCUT2D eigenvalue weighted by Crippen LogP contribution is -2.39. The summed E-state index contributed by atoms with van der Waals surface area (Å²) in [7, 11) is 1.54. The molecule has 1 amide bonds. The van der Waals surface area contributed by atoms with Gasteiger partial charge < -0.3 is 14.2 Å². The molecule has 7 heteroatoms. The van der Waals surface area contributed by atoms with Crippen LogP contribution in [0.3, 0.4) is 0 Å². The molecule has 1 aliphatic rings. The lowest BCUT2D eigenvalue weighted by Gasteiger charge is -2.32. The van der Waals surface area contributed by atoms with Crippen LogP contribution in [-0.2, 0) is 11.2 Å². The van der Waals surface area contributed by atoms with Crippen LogP contribution in [0.15, 0.2) is 16.8 Å². The Morgan fingerprint density at radius 1 is 1.57 bits per heavy atom. The second kappa shape index (κ2) is 6.85. The predicted octanol–water partition coefficient (Wildman–Crippen LogP) is 2.05. The number of amides is 1. The molecule has 1 aliphatic heterocycles. The third kappa shape index (κ3) is 3.55. The van der Waals surface area contributed by atoms with E-state index in [2.05, 4.69) is 22.3 Å². The van der Waals surface area contributed by atoms with Crippen LogP contribution < -0.4 is 4.74 Å². The molecule has 7 nitrogen and oxygen atoms in total. The summed E-state index contributed by atoms with van der Waals surface area (Å²) in [6.45, 7) is 3.63. The van der Waals surface area contributed by atoms with E-state index in [0.29, 0.717) is 30.4 Å². The van der Waals surface area contributed by atoms with E-state index >= 15 is 0 Å². The Morgan fingerprint density at radius 3 is 3.13 bits per heavy atom. The Bertz CT molecular complexity index is 664. The summed E-state index contributed by atoms with van der Waals surface area (Å²) in [5.74, 6) is 1.62. The fourth-order valence-electron chi connectivity index (χ4n) is 3.11. The fraction of sp³-hybridized carbons (Fsp3) is 0.562. The number of ether oxygens (including phenoxy) is 1. The van der Waals surface area contributed by atoms with Gasteiger partial charge in [-0.3, -0.25) is 9.89 Å². The molecule has 3 heterocycles. The van der Waals surface area contributed by atoms with Crippen LogP contribution in [0.5, 0.6) is 5.88 Å². The number of H-pyrrole nitrogens is 1. The predicted molar refractivity (Wildman–Crippen MR) is 83.3 cm³/mol. The number of hydrogen-bond acceptors (Lipinski definition) is 5. The van der Waals surface area contributed by atoms with Gasteiger partial charge in [0.1, 0.15) is 5.76 Å². The first kappa shape index (κ1) is 15.6. The van der Waals surface area contributed by atoms with Crippen molar-refractivity contribution in [3.8, 4) is 5.88 Å². The van der Waals surface area contributed by atoms with E-state index in [1.807, 2.05) is 11.1 Å². The molecular formula is C16H22N4O3. The van der Waals surface area contributed by atoms with E-state index < -0.39 is 0 Å². The van der Waals surface area contributed by atoms with Crippen LogP contribution in [0.2, 0.25) is 0 Å². The van der Waals surface area contributed by atoms with Gasteiger partial charge in [-0.15, -0.1) is 0 Å². The van der Waals surface area contributed by atoms with E-state index in [9.17, 15) is 4.79 Å². The van der Waals surface area contributed by atoms with Crippen LogP contribution in [0.4, 0.5) is 0 Å². The highest BCUT2D eigenvalue weighted by atomic mass is 16.5. The Morgan fingerprint density at radius 2 is 2.43 bits per heavy atom. The van der Waals surface area contributed by atoms with Gasteiger partial charge in [0.25, 0.3) is 5.88 Å². The molecule has 2 aromatic heterocycles. The molecule has 3 rings (SSSR count). The Kier molecular flexibility index (Phi) is 4.64. The first-order chi connectivity index (χ1) is 11.2. The van der Waals surface area contributed by atoms with Crippen molar-refractivity contribution in [2.45, 2.75) is 38.5 Å². The topological polar surface area (TPSA) is 84.2 Å². The number of aromatic nitrogens is 3. The van der Waals surface area contributed by atoms with Crippen molar-refractivity contribution in [1.82, 2.24) is 20.3 Å². The first-order valence-electron chi connectivity index (χ1n) is 7.94. The molecule has 1 N–H and O–H groups in total. The summed E-state index contributed by atoms with van der Waals surface area (Å²) in [4.78, 5) is 14.4. The van der Waals surface area contributed by atoms with Gasteiger partial charge in [-0.1, -0.05) is 0 Å². The molecule has 124 valence electrons. The molecule has 0 unspecified atom stereocenters. The zero-order valence-electron chi connectivity index (χ0n) is 13.5. The minimum atomic E-state index is 0.155. The molecule has 0 bridgehead atoms. The molecule has 1 atom stereocenters. The monoisotopic (exact) mass is 318 g/mol. The number of likely N-dealkylation sites (tertiary alicyclic amines) is 1. The summed E-state index contributed by atoms with van der Waals surface area (Å²) in [5, 5.41) is 10.9. The van der Waals surface area contributed by atoms with Gasteiger partial charge in [0.2, 0.25) is 5.91 Å². The molecule has 0 aromatic carbocycles. The zero-order chi connectivity index (χ0) is 16.2. The fourth-order valence-corrected chi connectivity index (χ4v) is 3.11. The molecular weight excluding hydrogens is 296 g/mol. The Balaban J connectivity index is 1.55. The summed E-state index contributed by atoms with van der Waals surface area (Å²) < 4.78 is 10.1. The number of carbonyl (C=O) groups is 1. The number of methoxy groups -OCH3 is 1. The van der Waals surface area contributed by atoms with E-state index in [4.69, 9.17) is 9.26 Å². The SMILES string of the molecule is COc1cc(CCC(=O)N2CCC[C@@H](c3[nH]ncc3C)C2)on1. The zero-order valence-corrected chi connectivity index (χ0v) is 13.5. The molecule has 1 fully saturated rings. The van der Waals surface area contributed by atoms with Crippen LogP contribution in [0, 0.1) is 6.92 Å². The number of piperidine rings is 1. The van der Waals surface area contributed by atoms with Gasteiger partial charge in [-0.2, -0.15) is 5.10 Å². The minimum absolute atomic E-state index is 0.155. The summed E-state index contributed by atoms with van der Waals surface area (Å²) in [5.41, 5.74) is 2.32. The number of aryl methyl sites for hydroxylation is 2. The summed E-state index contributed by atoms with van der Waals surface area (Å²) >= 11 is 0. The summed E-state index contributed by atoms with van der Waals surface area (Å²) in [6.07, 6.45) is 4.91. The maximum absolute atomic E-state index is 12.5. The average molecular weight is 318 g/mol. The van der Waals surface area contributed by atoms with Gasteiger partial charge in [-0.25, -0.2) is 0 Å². The number of nitrogens with zero attached hydrogens (tertiary/aromatic N) is 3. The van der Waals surface area contributed by atoms with Crippen LogP contribution in [0.25, 0.3) is 0 Å². The van der Waals surface area contributed by atoms with Gasteiger partial charge in [-0.05, 0) is 30.5 Å². The van der Waals surface area contributed by atoms with E-state index in [1.165, 1.54) is 7.11 Å². The van der Waals surface area contributed by atoms with Crippen molar-refractivity contribution < 1.29 is 14.1 Å². The average Bonchev–Trinajstić information content (AvgIpc) is 3.21.